The molecule has 18 heavy (non-hydrogen) atoms. The molecule has 1 unspecified atom stereocenters. The zero-order valence-electron chi connectivity index (χ0n) is 9.65. The minimum absolute atomic E-state index is 0.114. The molecule has 0 radical (unpaired) electrons. The average molecular weight is 266 g/mol. The number of thiazole rings is 1. The summed E-state index contributed by atoms with van der Waals surface area (Å²) >= 11 is 1.47. The number of aliphatic hydroxyl groups is 2. The maximum atomic E-state index is 9.66. The molecule has 0 spiro atoms. The molecule has 2 heterocycles. The summed E-state index contributed by atoms with van der Waals surface area (Å²) in [6.45, 7) is 0. The number of fused-ring (bicyclic) bond motifs is 1. The molecule has 1 saturated carbocycles. The van der Waals surface area contributed by atoms with E-state index in [1.807, 2.05) is 0 Å². The highest BCUT2D eigenvalue weighted by Crippen LogP contribution is 2.25. The largest absolute Gasteiger partial charge is 0.390 e. The Morgan fingerprint density at radius 3 is 2.89 bits per heavy atom. The molecule has 0 saturated heterocycles. The first kappa shape index (κ1) is 11.8. The first-order valence-electron chi connectivity index (χ1n) is 5.91. The fourth-order valence-corrected chi connectivity index (χ4v) is 2.88. The van der Waals surface area contributed by atoms with Crippen LogP contribution < -0.4 is 5.32 Å². The van der Waals surface area contributed by atoms with Gasteiger partial charge in [-0.05, 0) is 19.3 Å². The molecule has 2 aromatic heterocycles. The molecule has 2 aromatic rings. The van der Waals surface area contributed by atoms with Crippen molar-refractivity contribution in [3.05, 3.63) is 11.8 Å². The van der Waals surface area contributed by atoms with E-state index in [0.29, 0.717) is 18.7 Å². The lowest BCUT2D eigenvalue weighted by Gasteiger charge is -2.30. The van der Waals surface area contributed by atoms with Crippen LogP contribution in [0.3, 0.4) is 0 Å². The number of nitrogens with zero attached hydrogens (tertiary/aromatic N) is 3. The standard InChI is InChI=1S/C11H14N4O2S/c16-7-2-1-6(3-8(7)17)15-10-9-11(13-4-12-10)18-5-14-9/h4-8,16-17H,1-3H2,(H,12,13,15)/t6?,7-,8+/m1/s1. The van der Waals surface area contributed by atoms with Crippen molar-refractivity contribution >= 4 is 27.5 Å². The van der Waals surface area contributed by atoms with Crippen LogP contribution >= 0.6 is 11.3 Å². The van der Waals surface area contributed by atoms with E-state index in [9.17, 15) is 10.2 Å². The summed E-state index contributed by atoms with van der Waals surface area (Å²) in [5.74, 6) is 0.704. The lowest BCUT2D eigenvalue weighted by molar-refractivity contribution is -0.0120. The molecular formula is C11H14N4O2S. The minimum atomic E-state index is -0.663. The number of rotatable bonds is 2. The van der Waals surface area contributed by atoms with Gasteiger partial charge in [0.05, 0.1) is 17.7 Å². The van der Waals surface area contributed by atoms with Crippen molar-refractivity contribution in [3.8, 4) is 0 Å². The second-order valence-electron chi connectivity index (χ2n) is 4.52. The van der Waals surface area contributed by atoms with Gasteiger partial charge >= 0.3 is 0 Å². The van der Waals surface area contributed by atoms with Crippen molar-refractivity contribution in [1.29, 1.82) is 0 Å². The van der Waals surface area contributed by atoms with Crippen LogP contribution in [0.1, 0.15) is 19.3 Å². The topological polar surface area (TPSA) is 91.2 Å². The van der Waals surface area contributed by atoms with Crippen molar-refractivity contribution in [1.82, 2.24) is 15.0 Å². The first-order chi connectivity index (χ1) is 8.74. The van der Waals surface area contributed by atoms with E-state index in [-0.39, 0.29) is 6.04 Å². The molecule has 3 N–H and O–H groups in total. The van der Waals surface area contributed by atoms with E-state index < -0.39 is 12.2 Å². The molecule has 0 bridgehead atoms. The van der Waals surface area contributed by atoms with E-state index in [0.717, 1.165) is 16.8 Å². The summed E-state index contributed by atoms with van der Waals surface area (Å²) in [6.07, 6.45) is 2.18. The summed E-state index contributed by atoms with van der Waals surface area (Å²) in [5.41, 5.74) is 2.51. The molecule has 7 heteroatoms. The van der Waals surface area contributed by atoms with Gasteiger partial charge in [0, 0.05) is 6.04 Å². The van der Waals surface area contributed by atoms with Crippen molar-refractivity contribution in [2.24, 2.45) is 0 Å². The molecule has 96 valence electrons. The summed E-state index contributed by atoms with van der Waals surface area (Å²) in [7, 11) is 0. The Morgan fingerprint density at radius 1 is 1.17 bits per heavy atom. The minimum Gasteiger partial charge on any atom is -0.390 e. The second kappa shape index (κ2) is 4.75. The quantitative estimate of drug-likeness (QED) is 0.744. The van der Waals surface area contributed by atoms with E-state index in [2.05, 4.69) is 20.3 Å². The van der Waals surface area contributed by atoms with Crippen LogP contribution in [0.25, 0.3) is 10.3 Å². The SMILES string of the molecule is O[C@@H]1CCC(Nc2ncnc3scnc23)C[C@@H]1O. The molecular weight excluding hydrogens is 252 g/mol. The summed E-state index contributed by atoms with van der Waals surface area (Å²) < 4.78 is 0. The first-order valence-corrected chi connectivity index (χ1v) is 6.79. The normalized spacial score (nSPS) is 28.4. The van der Waals surface area contributed by atoms with Crippen LogP contribution in [-0.4, -0.2) is 43.4 Å². The number of hydrogen-bond acceptors (Lipinski definition) is 7. The Labute approximate surface area is 108 Å². The third-order valence-corrected chi connectivity index (χ3v) is 3.99. The predicted octanol–water partition coefficient (Wildman–Crippen LogP) is 0.772. The van der Waals surface area contributed by atoms with Gasteiger partial charge in [-0.25, -0.2) is 15.0 Å². The monoisotopic (exact) mass is 266 g/mol. The Morgan fingerprint density at radius 2 is 2.06 bits per heavy atom. The highest BCUT2D eigenvalue weighted by Gasteiger charge is 2.28. The zero-order chi connectivity index (χ0) is 12.5. The van der Waals surface area contributed by atoms with Gasteiger partial charge in [-0.2, -0.15) is 0 Å². The van der Waals surface area contributed by atoms with E-state index in [1.54, 1.807) is 5.51 Å². The van der Waals surface area contributed by atoms with Crippen LogP contribution in [0.5, 0.6) is 0 Å². The van der Waals surface area contributed by atoms with Crippen LogP contribution in [0.2, 0.25) is 0 Å². The molecule has 0 amide bonds. The lowest BCUT2D eigenvalue weighted by atomic mass is 9.90. The fraction of sp³-hybridized carbons (Fsp3) is 0.545. The van der Waals surface area contributed by atoms with Crippen LogP contribution in [0, 0.1) is 0 Å². The number of aromatic nitrogens is 3. The maximum Gasteiger partial charge on any atom is 0.157 e. The van der Waals surface area contributed by atoms with Gasteiger partial charge in [-0.15, -0.1) is 11.3 Å². The Balaban J connectivity index is 1.78. The predicted molar refractivity (Wildman–Crippen MR) is 68.5 cm³/mol. The molecule has 1 aliphatic rings. The number of nitrogens with one attached hydrogen (secondary N) is 1. The summed E-state index contributed by atoms with van der Waals surface area (Å²) in [6, 6.07) is 0.114. The molecule has 1 aliphatic carbocycles. The Bertz CT molecular complexity index is 547. The van der Waals surface area contributed by atoms with E-state index in [4.69, 9.17) is 0 Å². The van der Waals surface area contributed by atoms with Gasteiger partial charge in [0.15, 0.2) is 5.82 Å². The Kier molecular flexibility index (Phi) is 3.11. The van der Waals surface area contributed by atoms with Gasteiger partial charge in [-0.3, -0.25) is 0 Å². The van der Waals surface area contributed by atoms with Crippen LogP contribution in [-0.2, 0) is 0 Å². The molecule has 3 atom stereocenters. The maximum absolute atomic E-state index is 9.66. The number of hydrogen-bond donors (Lipinski definition) is 3. The zero-order valence-corrected chi connectivity index (χ0v) is 10.5. The van der Waals surface area contributed by atoms with Gasteiger partial charge in [0.1, 0.15) is 16.7 Å². The van der Waals surface area contributed by atoms with Gasteiger partial charge in [0.25, 0.3) is 0 Å². The summed E-state index contributed by atoms with van der Waals surface area (Å²) in [5, 5.41) is 22.4. The fourth-order valence-electron chi connectivity index (χ4n) is 2.26. The van der Waals surface area contributed by atoms with E-state index in [1.165, 1.54) is 17.7 Å². The van der Waals surface area contributed by atoms with Crippen molar-refractivity contribution < 1.29 is 10.2 Å². The average Bonchev–Trinajstić information content (AvgIpc) is 2.83. The highest BCUT2D eigenvalue weighted by atomic mass is 32.1. The number of aliphatic hydroxyl groups excluding tert-OH is 2. The highest BCUT2D eigenvalue weighted by molar-refractivity contribution is 7.16. The molecule has 3 rings (SSSR count). The van der Waals surface area contributed by atoms with Crippen molar-refractivity contribution in [2.75, 3.05) is 5.32 Å². The van der Waals surface area contributed by atoms with Gasteiger partial charge < -0.3 is 15.5 Å². The molecule has 0 aromatic carbocycles. The lowest BCUT2D eigenvalue weighted by Crippen LogP contribution is -2.39. The van der Waals surface area contributed by atoms with Crippen molar-refractivity contribution in [3.63, 3.8) is 0 Å². The van der Waals surface area contributed by atoms with Crippen molar-refractivity contribution in [2.45, 2.75) is 37.5 Å². The molecule has 1 fully saturated rings. The molecule has 0 aliphatic heterocycles. The third-order valence-electron chi connectivity index (χ3n) is 3.26. The smallest absolute Gasteiger partial charge is 0.157 e. The third kappa shape index (κ3) is 2.16. The second-order valence-corrected chi connectivity index (χ2v) is 5.35. The Hall–Kier alpha value is -1.31. The van der Waals surface area contributed by atoms with E-state index >= 15 is 0 Å². The molecule has 6 nitrogen and oxygen atoms in total. The summed E-state index contributed by atoms with van der Waals surface area (Å²) in [4.78, 5) is 13.4. The van der Waals surface area contributed by atoms with Gasteiger partial charge in [-0.1, -0.05) is 0 Å². The van der Waals surface area contributed by atoms with Crippen LogP contribution in [0.4, 0.5) is 5.82 Å². The van der Waals surface area contributed by atoms with Crippen LogP contribution in [0.15, 0.2) is 11.8 Å². The van der Waals surface area contributed by atoms with Gasteiger partial charge in [0.2, 0.25) is 0 Å². The number of anilines is 1.